The maximum atomic E-state index is 11.5. The van der Waals surface area contributed by atoms with Crippen LogP contribution < -0.4 is 5.32 Å². The monoisotopic (exact) mass is 252 g/mol. The SMILES string of the molecule is COCCNC(=O)CCn1c(C)cc(C=O)c1C. The van der Waals surface area contributed by atoms with Gasteiger partial charge in [0.1, 0.15) is 0 Å². The van der Waals surface area contributed by atoms with Crippen LogP contribution in [0.15, 0.2) is 6.07 Å². The van der Waals surface area contributed by atoms with E-state index in [1.165, 1.54) is 0 Å². The Bertz CT molecular complexity index is 424. The van der Waals surface area contributed by atoms with Crippen LogP contribution in [0.25, 0.3) is 0 Å². The summed E-state index contributed by atoms with van der Waals surface area (Å²) in [7, 11) is 1.60. The minimum Gasteiger partial charge on any atom is -0.383 e. The number of carbonyl (C=O) groups is 2. The molecular weight excluding hydrogens is 232 g/mol. The van der Waals surface area contributed by atoms with Crippen LogP contribution in [0.1, 0.15) is 28.2 Å². The molecule has 0 aliphatic heterocycles. The van der Waals surface area contributed by atoms with Crippen molar-refractivity contribution < 1.29 is 14.3 Å². The second-order valence-electron chi connectivity index (χ2n) is 4.19. The predicted molar refractivity (Wildman–Crippen MR) is 68.8 cm³/mol. The van der Waals surface area contributed by atoms with E-state index >= 15 is 0 Å². The highest BCUT2D eigenvalue weighted by Crippen LogP contribution is 2.13. The number of hydrogen-bond acceptors (Lipinski definition) is 3. The van der Waals surface area contributed by atoms with Crippen LogP contribution in [-0.2, 0) is 16.1 Å². The molecule has 1 aromatic heterocycles. The zero-order valence-corrected chi connectivity index (χ0v) is 11.2. The molecule has 0 aliphatic carbocycles. The molecule has 0 saturated heterocycles. The molecule has 5 heteroatoms. The van der Waals surface area contributed by atoms with Gasteiger partial charge in [-0.2, -0.15) is 0 Å². The van der Waals surface area contributed by atoms with Gasteiger partial charge in [-0.15, -0.1) is 0 Å². The fourth-order valence-electron chi connectivity index (χ4n) is 1.89. The molecule has 0 fully saturated rings. The van der Waals surface area contributed by atoms with Crippen LogP contribution >= 0.6 is 0 Å². The molecule has 1 aromatic rings. The van der Waals surface area contributed by atoms with E-state index in [1.807, 2.05) is 24.5 Å². The third-order valence-corrected chi connectivity index (χ3v) is 2.93. The van der Waals surface area contributed by atoms with Crippen molar-refractivity contribution in [3.8, 4) is 0 Å². The Morgan fingerprint density at radius 2 is 2.22 bits per heavy atom. The highest BCUT2D eigenvalue weighted by Gasteiger charge is 2.09. The molecule has 0 bridgehead atoms. The summed E-state index contributed by atoms with van der Waals surface area (Å²) >= 11 is 0. The maximum absolute atomic E-state index is 11.5. The molecule has 0 saturated carbocycles. The van der Waals surface area contributed by atoms with Gasteiger partial charge in [-0.05, 0) is 19.9 Å². The van der Waals surface area contributed by atoms with E-state index in [4.69, 9.17) is 4.74 Å². The lowest BCUT2D eigenvalue weighted by molar-refractivity contribution is -0.121. The molecule has 0 radical (unpaired) electrons. The van der Waals surface area contributed by atoms with Crippen molar-refractivity contribution in [2.75, 3.05) is 20.3 Å². The van der Waals surface area contributed by atoms with E-state index in [0.717, 1.165) is 17.7 Å². The van der Waals surface area contributed by atoms with Crippen molar-refractivity contribution >= 4 is 12.2 Å². The quantitative estimate of drug-likeness (QED) is 0.583. The summed E-state index contributed by atoms with van der Waals surface area (Å²) in [4.78, 5) is 22.3. The molecule has 5 nitrogen and oxygen atoms in total. The van der Waals surface area contributed by atoms with E-state index in [-0.39, 0.29) is 5.91 Å². The van der Waals surface area contributed by atoms with Crippen LogP contribution in [0.3, 0.4) is 0 Å². The second kappa shape index (κ2) is 6.96. The van der Waals surface area contributed by atoms with Crippen LogP contribution in [0.5, 0.6) is 0 Å². The maximum Gasteiger partial charge on any atom is 0.221 e. The van der Waals surface area contributed by atoms with Gasteiger partial charge in [0.15, 0.2) is 6.29 Å². The Balaban J connectivity index is 2.50. The molecule has 0 spiro atoms. The molecule has 0 atom stereocenters. The third-order valence-electron chi connectivity index (χ3n) is 2.93. The van der Waals surface area contributed by atoms with Crippen molar-refractivity contribution in [2.45, 2.75) is 26.8 Å². The molecule has 1 N–H and O–H groups in total. The van der Waals surface area contributed by atoms with Gasteiger partial charge >= 0.3 is 0 Å². The van der Waals surface area contributed by atoms with Gasteiger partial charge < -0.3 is 14.6 Å². The standard InChI is InChI=1S/C13H20N2O3/c1-10-8-12(9-16)11(2)15(10)6-4-13(17)14-5-7-18-3/h8-9H,4-7H2,1-3H3,(H,14,17). The Morgan fingerprint density at radius 3 is 2.78 bits per heavy atom. The fraction of sp³-hybridized carbons (Fsp3) is 0.538. The van der Waals surface area contributed by atoms with Crippen LogP contribution in [0.4, 0.5) is 0 Å². The topological polar surface area (TPSA) is 60.3 Å². The van der Waals surface area contributed by atoms with Crippen LogP contribution in [0.2, 0.25) is 0 Å². The number of amides is 1. The molecule has 100 valence electrons. The van der Waals surface area contributed by atoms with Gasteiger partial charge in [-0.25, -0.2) is 0 Å². The van der Waals surface area contributed by atoms with Crippen molar-refractivity contribution in [3.05, 3.63) is 23.0 Å². The van der Waals surface area contributed by atoms with E-state index in [0.29, 0.717) is 31.7 Å². The lowest BCUT2D eigenvalue weighted by Crippen LogP contribution is -2.27. The number of carbonyl (C=O) groups excluding carboxylic acids is 2. The van der Waals surface area contributed by atoms with Crippen molar-refractivity contribution in [1.82, 2.24) is 9.88 Å². The first-order valence-corrected chi connectivity index (χ1v) is 5.97. The zero-order valence-electron chi connectivity index (χ0n) is 11.2. The van der Waals surface area contributed by atoms with Gasteiger partial charge in [-0.1, -0.05) is 0 Å². The van der Waals surface area contributed by atoms with Crippen LogP contribution in [-0.4, -0.2) is 37.0 Å². The Morgan fingerprint density at radius 1 is 1.50 bits per heavy atom. The molecule has 1 rings (SSSR count). The fourth-order valence-corrected chi connectivity index (χ4v) is 1.89. The Labute approximate surface area is 107 Å². The lowest BCUT2D eigenvalue weighted by atomic mass is 10.3. The number of nitrogens with one attached hydrogen (secondary N) is 1. The van der Waals surface area contributed by atoms with E-state index in [9.17, 15) is 9.59 Å². The highest BCUT2D eigenvalue weighted by atomic mass is 16.5. The third kappa shape index (κ3) is 3.70. The van der Waals surface area contributed by atoms with Crippen LogP contribution in [0, 0.1) is 13.8 Å². The second-order valence-corrected chi connectivity index (χ2v) is 4.19. The Kier molecular flexibility index (Phi) is 5.58. The normalized spacial score (nSPS) is 10.4. The Hall–Kier alpha value is -1.62. The number of methoxy groups -OCH3 is 1. The molecule has 0 aromatic carbocycles. The number of nitrogens with zero attached hydrogens (tertiary/aromatic N) is 1. The molecule has 0 unspecified atom stereocenters. The molecule has 1 heterocycles. The number of aromatic nitrogens is 1. The number of ether oxygens (including phenoxy) is 1. The largest absolute Gasteiger partial charge is 0.383 e. The average Bonchev–Trinajstić information content (AvgIpc) is 2.62. The van der Waals surface area contributed by atoms with E-state index in [1.54, 1.807) is 7.11 Å². The molecule has 1 amide bonds. The molecular formula is C13H20N2O3. The van der Waals surface area contributed by atoms with Gasteiger partial charge in [0.25, 0.3) is 0 Å². The minimum absolute atomic E-state index is 0.00722. The number of hydrogen-bond donors (Lipinski definition) is 1. The number of aldehydes is 1. The van der Waals surface area contributed by atoms with Gasteiger partial charge in [0.2, 0.25) is 5.91 Å². The predicted octanol–water partition coefficient (Wildman–Crippen LogP) is 1.07. The zero-order chi connectivity index (χ0) is 13.5. The average molecular weight is 252 g/mol. The lowest BCUT2D eigenvalue weighted by Gasteiger charge is -2.09. The van der Waals surface area contributed by atoms with Gasteiger partial charge in [0.05, 0.1) is 6.61 Å². The smallest absolute Gasteiger partial charge is 0.221 e. The number of rotatable bonds is 7. The van der Waals surface area contributed by atoms with Gasteiger partial charge in [0, 0.05) is 43.6 Å². The van der Waals surface area contributed by atoms with E-state index < -0.39 is 0 Å². The van der Waals surface area contributed by atoms with Gasteiger partial charge in [-0.3, -0.25) is 9.59 Å². The first-order valence-electron chi connectivity index (χ1n) is 5.97. The highest BCUT2D eigenvalue weighted by molar-refractivity contribution is 5.77. The summed E-state index contributed by atoms with van der Waals surface area (Å²) in [5, 5.41) is 2.77. The molecule has 18 heavy (non-hydrogen) atoms. The summed E-state index contributed by atoms with van der Waals surface area (Å²) in [6.07, 6.45) is 1.25. The summed E-state index contributed by atoms with van der Waals surface area (Å²) in [6.45, 7) is 5.45. The molecule has 0 aliphatic rings. The summed E-state index contributed by atoms with van der Waals surface area (Å²) in [5.74, 6) is -0.00722. The van der Waals surface area contributed by atoms with E-state index in [2.05, 4.69) is 5.32 Å². The minimum atomic E-state index is -0.00722. The number of aryl methyl sites for hydroxylation is 1. The summed E-state index contributed by atoms with van der Waals surface area (Å²) < 4.78 is 6.84. The van der Waals surface area contributed by atoms with Crippen molar-refractivity contribution in [1.29, 1.82) is 0 Å². The first-order chi connectivity index (χ1) is 8.60. The van der Waals surface area contributed by atoms with Crippen molar-refractivity contribution in [3.63, 3.8) is 0 Å². The summed E-state index contributed by atoms with van der Waals surface area (Å²) in [6, 6.07) is 1.84. The summed E-state index contributed by atoms with van der Waals surface area (Å²) in [5.41, 5.74) is 2.60. The first kappa shape index (κ1) is 14.4. The van der Waals surface area contributed by atoms with Crippen molar-refractivity contribution in [2.24, 2.45) is 0 Å².